The molecule has 0 saturated heterocycles. The van der Waals surface area contributed by atoms with Crippen molar-refractivity contribution in [3.8, 4) is 0 Å². The lowest BCUT2D eigenvalue weighted by Gasteiger charge is -2.72. The van der Waals surface area contributed by atoms with Crippen molar-refractivity contribution in [2.24, 2.45) is 56.7 Å². The van der Waals surface area contributed by atoms with E-state index in [-0.39, 0.29) is 33.5 Å². The number of allylic oxidation sites excluding steroid dienone is 1. The van der Waals surface area contributed by atoms with Gasteiger partial charge in [-0.1, -0.05) is 32.9 Å². The number of carboxylic acids is 1. The second-order valence-electron chi connectivity index (χ2n) is 14.9. The zero-order chi connectivity index (χ0) is 27.2. The Balaban J connectivity index is 1.54. The molecule has 11 atom stereocenters. The Morgan fingerprint density at radius 3 is 2.16 bits per heavy atom. The lowest BCUT2D eigenvalue weighted by Crippen LogP contribution is -2.68. The average Bonchev–Trinajstić information content (AvgIpc) is 3.22. The normalized spacial score (nSPS) is 52.7. The summed E-state index contributed by atoms with van der Waals surface area (Å²) in [6.07, 6.45) is 9.66. The molecule has 5 aliphatic carbocycles. The third-order valence-electron chi connectivity index (χ3n) is 13.9. The van der Waals surface area contributed by atoms with Crippen LogP contribution in [0.3, 0.4) is 0 Å². The first-order valence-electron chi connectivity index (χ1n) is 14.9. The van der Waals surface area contributed by atoms with Gasteiger partial charge in [-0.25, -0.2) is 0 Å². The molecule has 5 saturated carbocycles. The van der Waals surface area contributed by atoms with Crippen LogP contribution in [-0.2, 0) is 14.3 Å². The van der Waals surface area contributed by atoms with Crippen LogP contribution in [0.5, 0.6) is 0 Å². The molecule has 0 aromatic carbocycles. The van der Waals surface area contributed by atoms with E-state index in [1.807, 2.05) is 6.92 Å². The summed E-state index contributed by atoms with van der Waals surface area (Å²) >= 11 is 0. The van der Waals surface area contributed by atoms with E-state index in [0.717, 1.165) is 57.8 Å². The van der Waals surface area contributed by atoms with Gasteiger partial charge >= 0.3 is 11.9 Å². The number of ether oxygens (including phenoxy) is 1. The zero-order valence-electron chi connectivity index (χ0n) is 24.1. The molecule has 0 aliphatic heterocycles. The van der Waals surface area contributed by atoms with E-state index in [0.29, 0.717) is 36.7 Å². The number of carbonyl (C=O) groups is 2. The highest BCUT2D eigenvalue weighted by Crippen LogP contribution is 2.77. The average molecular weight is 515 g/mol. The molecule has 5 rings (SSSR count). The molecule has 5 aliphatic rings. The topological polar surface area (TPSA) is 83.8 Å². The Kier molecular flexibility index (Phi) is 6.30. The summed E-state index contributed by atoms with van der Waals surface area (Å²) in [5.41, 5.74) is 0.457. The number of hydrogen-bond donors (Lipinski definition) is 2. The highest BCUT2D eigenvalue weighted by Gasteiger charge is 2.72. The van der Waals surface area contributed by atoms with Crippen LogP contribution in [0.2, 0.25) is 0 Å². The van der Waals surface area contributed by atoms with Gasteiger partial charge in [-0.05, 0) is 129 Å². The third kappa shape index (κ3) is 3.37. The predicted molar refractivity (Wildman–Crippen MR) is 144 cm³/mol. The first-order chi connectivity index (χ1) is 17.2. The lowest BCUT2D eigenvalue weighted by molar-refractivity contribution is -0.254. The van der Waals surface area contributed by atoms with Gasteiger partial charge in [0.2, 0.25) is 0 Å². The first-order valence-corrected chi connectivity index (χ1v) is 14.9. The van der Waals surface area contributed by atoms with Gasteiger partial charge in [-0.2, -0.15) is 0 Å². The minimum absolute atomic E-state index is 0.0106. The number of aliphatic carboxylic acids is 1. The molecule has 0 spiro atoms. The van der Waals surface area contributed by atoms with E-state index in [9.17, 15) is 19.8 Å². The smallest absolute Gasteiger partial charge is 0.313 e. The van der Waals surface area contributed by atoms with Crippen molar-refractivity contribution in [1.82, 2.24) is 0 Å². The Labute approximate surface area is 223 Å². The minimum atomic E-state index is -1.06. The number of esters is 1. The summed E-state index contributed by atoms with van der Waals surface area (Å²) in [6, 6.07) is 0. The molecule has 5 nitrogen and oxygen atoms in total. The third-order valence-corrected chi connectivity index (χ3v) is 13.9. The standard InChI is InChI=1S/C32H50O5/c1-19(2)21-10-15-32(18-33)17-16-29(5)22(26(21)32)8-9-23-28(4)13-12-25(37-20(3)34)31(7,27(35)36)24(28)11-14-30(23,29)6/h21-26,33H,1,8-18H2,2-7H3,(H,35,36)/t21-,22?,23?,24?,25+,26?,28+,29+,30+,31+,32+/m0/s1. The largest absolute Gasteiger partial charge is 0.481 e. The van der Waals surface area contributed by atoms with Gasteiger partial charge in [0.15, 0.2) is 0 Å². The molecule has 5 fully saturated rings. The number of hydrogen-bond acceptors (Lipinski definition) is 4. The molecule has 0 bridgehead atoms. The van der Waals surface area contributed by atoms with Crippen LogP contribution >= 0.6 is 0 Å². The van der Waals surface area contributed by atoms with E-state index in [4.69, 9.17) is 4.74 Å². The van der Waals surface area contributed by atoms with Gasteiger partial charge in [0.05, 0.1) is 0 Å². The summed E-state index contributed by atoms with van der Waals surface area (Å²) < 4.78 is 5.68. The number of aliphatic hydroxyl groups excluding tert-OH is 1. The molecule has 0 aromatic heterocycles. The fourth-order valence-corrected chi connectivity index (χ4v) is 11.9. The Morgan fingerprint density at radius 2 is 1.57 bits per heavy atom. The maximum atomic E-state index is 12.9. The van der Waals surface area contributed by atoms with Crippen molar-refractivity contribution in [3.05, 3.63) is 12.2 Å². The Morgan fingerprint density at radius 1 is 0.865 bits per heavy atom. The van der Waals surface area contributed by atoms with Crippen LogP contribution in [0.25, 0.3) is 0 Å². The van der Waals surface area contributed by atoms with Crippen LogP contribution in [0, 0.1) is 56.7 Å². The van der Waals surface area contributed by atoms with Gasteiger partial charge in [0.1, 0.15) is 11.5 Å². The molecular weight excluding hydrogens is 464 g/mol. The molecule has 208 valence electrons. The van der Waals surface area contributed by atoms with E-state index in [2.05, 4.69) is 34.3 Å². The van der Waals surface area contributed by atoms with Gasteiger partial charge < -0.3 is 14.9 Å². The van der Waals surface area contributed by atoms with E-state index in [1.54, 1.807) is 0 Å². The van der Waals surface area contributed by atoms with Crippen molar-refractivity contribution >= 4 is 11.9 Å². The fraction of sp³-hybridized carbons (Fsp3) is 0.875. The molecule has 0 amide bonds. The van der Waals surface area contributed by atoms with Crippen molar-refractivity contribution in [2.75, 3.05) is 6.61 Å². The second-order valence-corrected chi connectivity index (χ2v) is 14.9. The number of aliphatic hydroxyl groups is 1. The summed E-state index contributed by atoms with van der Waals surface area (Å²) in [6.45, 7) is 17.6. The van der Waals surface area contributed by atoms with E-state index < -0.39 is 17.5 Å². The molecule has 37 heavy (non-hydrogen) atoms. The van der Waals surface area contributed by atoms with Crippen molar-refractivity contribution in [2.45, 2.75) is 112 Å². The van der Waals surface area contributed by atoms with Crippen molar-refractivity contribution in [1.29, 1.82) is 0 Å². The second kappa shape index (κ2) is 8.57. The SMILES string of the molecule is C=C(C)[C@@H]1CC[C@]2(CO)CC[C@]3(C)C(CCC4[C@@]5(C)CC[C@@H](OC(C)=O)[C@](C)(C(=O)O)C5CC[C@]43C)C12. The number of carbonyl (C=O) groups excluding carboxylic acids is 1. The molecule has 0 aromatic rings. The van der Waals surface area contributed by atoms with Gasteiger partial charge in [0, 0.05) is 13.5 Å². The summed E-state index contributed by atoms with van der Waals surface area (Å²) in [5, 5.41) is 21.2. The highest BCUT2D eigenvalue weighted by atomic mass is 16.5. The van der Waals surface area contributed by atoms with Crippen LogP contribution in [0.15, 0.2) is 12.2 Å². The zero-order valence-corrected chi connectivity index (χ0v) is 24.1. The summed E-state index contributed by atoms with van der Waals surface area (Å²) in [5.74, 6) is 0.806. The molecule has 5 heteroatoms. The monoisotopic (exact) mass is 514 g/mol. The molecule has 0 radical (unpaired) electrons. The molecule has 2 N–H and O–H groups in total. The van der Waals surface area contributed by atoms with E-state index in [1.165, 1.54) is 12.5 Å². The van der Waals surface area contributed by atoms with Gasteiger partial charge in [0.25, 0.3) is 0 Å². The number of rotatable bonds is 4. The predicted octanol–water partition coefficient (Wildman–Crippen LogP) is 6.63. The molecular formula is C32H50O5. The van der Waals surface area contributed by atoms with Crippen LogP contribution in [0.4, 0.5) is 0 Å². The van der Waals surface area contributed by atoms with Crippen LogP contribution in [0.1, 0.15) is 106 Å². The highest BCUT2D eigenvalue weighted by molar-refractivity contribution is 5.77. The fourth-order valence-electron chi connectivity index (χ4n) is 11.9. The van der Waals surface area contributed by atoms with Crippen LogP contribution < -0.4 is 0 Å². The van der Waals surface area contributed by atoms with Gasteiger partial charge in [-0.3, -0.25) is 9.59 Å². The first kappa shape index (κ1) is 27.2. The van der Waals surface area contributed by atoms with Crippen molar-refractivity contribution < 1.29 is 24.5 Å². The lowest BCUT2D eigenvalue weighted by atomic mass is 9.32. The maximum absolute atomic E-state index is 12.9. The van der Waals surface area contributed by atoms with Crippen LogP contribution in [-0.4, -0.2) is 34.9 Å². The quantitative estimate of drug-likeness (QED) is 0.325. The maximum Gasteiger partial charge on any atom is 0.313 e. The Hall–Kier alpha value is -1.36. The molecule has 4 unspecified atom stereocenters. The minimum Gasteiger partial charge on any atom is -0.481 e. The molecule has 0 heterocycles. The number of fused-ring (bicyclic) bond motifs is 7. The van der Waals surface area contributed by atoms with E-state index >= 15 is 0 Å². The Bertz CT molecular complexity index is 990. The number of carboxylic acid groups (broad SMARTS) is 1. The van der Waals surface area contributed by atoms with Crippen molar-refractivity contribution in [3.63, 3.8) is 0 Å². The summed E-state index contributed by atoms with van der Waals surface area (Å²) in [7, 11) is 0. The summed E-state index contributed by atoms with van der Waals surface area (Å²) in [4.78, 5) is 24.8. The van der Waals surface area contributed by atoms with Gasteiger partial charge in [-0.15, -0.1) is 0 Å².